The summed E-state index contributed by atoms with van der Waals surface area (Å²) in [6.45, 7) is 0.935. The van der Waals surface area contributed by atoms with Gasteiger partial charge in [-0.3, -0.25) is 0 Å². The summed E-state index contributed by atoms with van der Waals surface area (Å²) in [7, 11) is 0. The first kappa shape index (κ1) is 11.0. The van der Waals surface area contributed by atoms with Crippen molar-refractivity contribution < 1.29 is 5.11 Å². The highest BCUT2D eigenvalue weighted by Gasteiger charge is 2.00. The second kappa shape index (κ2) is 5.58. The van der Waals surface area contributed by atoms with Gasteiger partial charge in [0.15, 0.2) is 0 Å². The molecule has 0 aromatic carbocycles. The maximum absolute atomic E-state index is 8.65. The minimum Gasteiger partial charge on any atom is -0.396 e. The summed E-state index contributed by atoms with van der Waals surface area (Å²) in [5.41, 5.74) is 1.03. The molecule has 0 fully saturated rings. The van der Waals surface area contributed by atoms with Crippen LogP contribution >= 0.6 is 11.3 Å². The number of aromatic nitrogens is 2. The van der Waals surface area contributed by atoms with E-state index in [1.807, 2.05) is 17.5 Å². The first-order valence-electron chi connectivity index (χ1n) is 5.11. The lowest BCUT2D eigenvalue weighted by Gasteiger charge is -2.04. The molecule has 84 valence electrons. The smallest absolute Gasteiger partial charge is 0.125 e. The Morgan fingerprint density at radius 3 is 2.88 bits per heavy atom. The lowest BCUT2D eigenvalue weighted by Crippen LogP contribution is -2.04. The Morgan fingerprint density at radius 1 is 1.31 bits per heavy atom. The van der Waals surface area contributed by atoms with E-state index >= 15 is 0 Å². The topological polar surface area (TPSA) is 58.0 Å². The lowest BCUT2D eigenvalue weighted by atomic mass is 10.3. The van der Waals surface area contributed by atoms with Crippen molar-refractivity contribution in [3.05, 3.63) is 29.9 Å². The Kier molecular flexibility index (Phi) is 3.85. The molecule has 0 aliphatic rings. The fourth-order valence-electron chi connectivity index (χ4n) is 1.29. The largest absolute Gasteiger partial charge is 0.396 e. The average Bonchev–Trinajstić information content (AvgIpc) is 2.84. The van der Waals surface area contributed by atoms with Crippen LogP contribution < -0.4 is 5.32 Å². The maximum atomic E-state index is 8.65. The van der Waals surface area contributed by atoms with E-state index in [-0.39, 0.29) is 6.61 Å². The van der Waals surface area contributed by atoms with Crippen LogP contribution in [0.15, 0.2) is 29.9 Å². The van der Waals surface area contributed by atoms with Gasteiger partial charge in [0.1, 0.15) is 10.8 Å². The molecule has 2 heterocycles. The average molecular weight is 235 g/mol. The number of rotatable bonds is 5. The Labute approximate surface area is 98.0 Å². The summed E-state index contributed by atoms with van der Waals surface area (Å²) in [6.07, 6.45) is 4.32. The molecule has 0 atom stereocenters. The summed E-state index contributed by atoms with van der Waals surface area (Å²) < 4.78 is 0. The fourth-order valence-corrected chi connectivity index (χ4v) is 1.92. The minimum absolute atomic E-state index is 0.199. The highest BCUT2D eigenvalue weighted by Crippen LogP contribution is 2.21. The highest BCUT2D eigenvalue weighted by molar-refractivity contribution is 7.13. The third kappa shape index (κ3) is 2.77. The zero-order chi connectivity index (χ0) is 11.2. The van der Waals surface area contributed by atoms with Gasteiger partial charge in [-0.15, -0.1) is 11.3 Å². The van der Waals surface area contributed by atoms with Crippen LogP contribution in [0.5, 0.6) is 0 Å². The van der Waals surface area contributed by atoms with E-state index in [1.54, 1.807) is 23.7 Å². The zero-order valence-corrected chi connectivity index (χ0v) is 9.57. The van der Waals surface area contributed by atoms with Gasteiger partial charge in [-0.05, 0) is 18.6 Å². The summed E-state index contributed by atoms with van der Waals surface area (Å²) in [4.78, 5) is 8.50. The Bertz CT molecular complexity index is 413. The third-order valence-corrected chi connectivity index (χ3v) is 2.91. The summed E-state index contributed by atoms with van der Waals surface area (Å²) in [6, 6.07) is 3.92. The van der Waals surface area contributed by atoms with E-state index < -0.39 is 0 Å². The maximum Gasteiger partial charge on any atom is 0.125 e. The number of anilines is 1. The van der Waals surface area contributed by atoms with Crippen LogP contribution in [0, 0.1) is 0 Å². The number of nitrogens with one attached hydrogen (secondary N) is 1. The van der Waals surface area contributed by atoms with Crippen LogP contribution in [-0.4, -0.2) is 28.2 Å². The molecule has 5 heteroatoms. The standard InChI is InChI=1S/C11H13N3OS/c15-6-1-4-12-10-3-2-9(8-14-10)11-13-5-7-16-11/h2-3,5,7-8,15H,1,4,6H2,(H,12,14). The van der Waals surface area contributed by atoms with Crippen molar-refractivity contribution in [3.63, 3.8) is 0 Å². The third-order valence-electron chi connectivity index (χ3n) is 2.08. The lowest BCUT2D eigenvalue weighted by molar-refractivity contribution is 0.292. The Hall–Kier alpha value is -1.46. The van der Waals surface area contributed by atoms with E-state index in [0.717, 1.165) is 29.4 Å². The molecule has 0 saturated carbocycles. The molecular weight excluding hydrogens is 222 g/mol. The molecule has 16 heavy (non-hydrogen) atoms. The molecule has 0 bridgehead atoms. The predicted octanol–water partition coefficient (Wildman–Crippen LogP) is 2.00. The van der Waals surface area contributed by atoms with Gasteiger partial charge >= 0.3 is 0 Å². The molecule has 0 radical (unpaired) electrons. The molecule has 0 aliphatic carbocycles. The minimum atomic E-state index is 0.199. The van der Waals surface area contributed by atoms with E-state index in [4.69, 9.17) is 5.11 Å². The molecule has 0 saturated heterocycles. The zero-order valence-electron chi connectivity index (χ0n) is 8.76. The Balaban J connectivity index is 2.00. The number of aliphatic hydroxyl groups excluding tert-OH is 1. The molecular formula is C11H13N3OS. The van der Waals surface area contributed by atoms with E-state index in [0.29, 0.717) is 0 Å². The Morgan fingerprint density at radius 2 is 2.25 bits per heavy atom. The van der Waals surface area contributed by atoms with Crippen LogP contribution in [0.25, 0.3) is 10.6 Å². The summed E-state index contributed by atoms with van der Waals surface area (Å²) >= 11 is 1.60. The fraction of sp³-hybridized carbons (Fsp3) is 0.273. The van der Waals surface area contributed by atoms with Crippen LogP contribution in [0.4, 0.5) is 5.82 Å². The van der Waals surface area contributed by atoms with Gasteiger partial charge < -0.3 is 10.4 Å². The normalized spacial score (nSPS) is 10.3. The number of nitrogens with zero attached hydrogens (tertiary/aromatic N) is 2. The van der Waals surface area contributed by atoms with E-state index in [2.05, 4.69) is 15.3 Å². The van der Waals surface area contributed by atoms with Crippen molar-refractivity contribution in [3.8, 4) is 10.6 Å². The number of aliphatic hydroxyl groups is 1. The van der Waals surface area contributed by atoms with Crippen molar-refractivity contribution >= 4 is 17.2 Å². The van der Waals surface area contributed by atoms with Gasteiger partial charge in [0.05, 0.1) is 0 Å². The first-order chi connectivity index (χ1) is 7.90. The van der Waals surface area contributed by atoms with Gasteiger partial charge in [-0.2, -0.15) is 0 Å². The number of hydrogen-bond acceptors (Lipinski definition) is 5. The number of hydrogen-bond donors (Lipinski definition) is 2. The first-order valence-corrected chi connectivity index (χ1v) is 5.99. The van der Waals surface area contributed by atoms with Crippen LogP contribution in [0.3, 0.4) is 0 Å². The van der Waals surface area contributed by atoms with Crippen molar-refractivity contribution in [2.75, 3.05) is 18.5 Å². The number of pyridine rings is 1. The monoisotopic (exact) mass is 235 g/mol. The quantitative estimate of drug-likeness (QED) is 0.778. The molecule has 0 spiro atoms. The van der Waals surface area contributed by atoms with E-state index in [1.165, 1.54) is 0 Å². The van der Waals surface area contributed by atoms with Crippen molar-refractivity contribution in [1.82, 2.24) is 9.97 Å². The van der Waals surface area contributed by atoms with Gasteiger partial charge in [-0.1, -0.05) is 0 Å². The molecule has 0 aliphatic heterocycles. The molecule has 2 aromatic rings. The van der Waals surface area contributed by atoms with Gasteiger partial charge in [-0.25, -0.2) is 9.97 Å². The number of thiazole rings is 1. The predicted molar refractivity (Wildman–Crippen MR) is 65.5 cm³/mol. The molecule has 2 rings (SSSR count). The van der Waals surface area contributed by atoms with Gasteiger partial charge in [0.2, 0.25) is 0 Å². The van der Waals surface area contributed by atoms with Crippen LogP contribution in [-0.2, 0) is 0 Å². The van der Waals surface area contributed by atoms with Crippen LogP contribution in [0.1, 0.15) is 6.42 Å². The van der Waals surface area contributed by atoms with Crippen molar-refractivity contribution in [1.29, 1.82) is 0 Å². The summed E-state index contributed by atoms with van der Waals surface area (Å²) in [5.74, 6) is 0.828. The molecule has 2 N–H and O–H groups in total. The van der Waals surface area contributed by atoms with Crippen molar-refractivity contribution in [2.24, 2.45) is 0 Å². The molecule has 0 unspecified atom stereocenters. The molecule has 0 amide bonds. The molecule has 4 nitrogen and oxygen atoms in total. The second-order valence-corrected chi connectivity index (χ2v) is 4.17. The molecule has 2 aromatic heterocycles. The van der Waals surface area contributed by atoms with Crippen LogP contribution in [0.2, 0.25) is 0 Å². The van der Waals surface area contributed by atoms with Gasteiger partial charge in [0.25, 0.3) is 0 Å². The second-order valence-electron chi connectivity index (χ2n) is 3.27. The van der Waals surface area contributed by atoms with Gasteiger partial charge in [0, 0.05) is 36.5 Å². The highest BCUT2D eigenvalue weighted by atomic mass is 32.1. The van der Waals surface area contributed by atoms with E-state index in [9.17, 15) is 0 Å². The SMILES string of the molecule is OCCCNc1ccc(-c2nccs2)cn1. The van der Waals surface area contributed by atoms with Crippen molar-refractivity contribution in [2.45, 2.75) is 6.42 Å². The summed E-state index contributed by atoms with van der Waals surface area (Å²) in [5, 5.41) is 14.7.